The third kappa shape index (κ3) is 1.35. The third-order valence-electron chi connectivity index (χ3n) is 1.09. The number of aliphatic hydroxyl groups is 2. The second-order valence-corrected chi connectivity index (χ2v) is 1.81. The molecule has 0 aromatic carbocycles. The van der Waals surface area contributed by atoms with Crippen LogP contribution in [0.2, 0.25) is 0 Å². The molecule has 0 fully saturated rings. The van der Waals surface area contributed by atoms with Gasteiger partial charge in [-0.1, -0.05) is 12.2 Å². The predicted molar refractivity (Wildman–Crippen MR) is 35.2 cm³/mol. The summed E-state index contributed by atoms with van der Waals surface area (Å²) in [6.07, 6.45) is 7.27. The number of hydrogen-bond donors (Lipinski definition) is 2. The van der Waals surface area contributed by atoms with Crippen LogP contribution in [0.4, 0.5) is 0 Å². The minimum Gasteiger partial charge on any atom is -0.504 e. The fourth-order valence-electron chi connectivity index (χ4n) is 0.609. The Bertz CT molecular complexity index is 167. The SMILES string of the molecule is OC1=C(O)C=CCC=C1. The molecule has 0 aliphatic heterocycles. The van der Waals surface area contributed by atoms with Crippen molar-refractivity contribution in [1.82, 2.24) is 0 Å². The van der Waals surface area contributed by atoms with Crippen molar-refractivity contribution < 1.29 is 10.2 Å². The van der Waals surface area contributed by atoms with Crippen molar-refractivity contribution in [2.45, 2.75) is 6.42 Å². The zero-order chi connectivity index (χ0) is 6.69. The van der Waals surface area contributed by atoms with Crippen molar-refractivity contribution in [3.63, 3.8) is 0 Å². The van der Waals surface area contributed by atoms with E-state index in [1.54, 1.807) is 12.2 Å². The number of rotatable bonds is 0. The summed E-state index contributed by atoms with van der Waals surface area (Å²) in [6, 6.07) is 0. The summed E-state index contributed by atoms with van der Waals surface area (Å²) in [7, 11) is 0. The fraction of sp³-hybridized carbons (Fsp3) is 0.143. The van der Waals surface area contributed by atoms with Crippen LogP contribution in [0.15, 0.2) is 35.8 Å². The van der Waals surface area contributed by atoms with E-state index in [1.165, 1.54) is 12.2 Å². The molecule has 1 rings (SSSR count). The maximum atomic E-state index is 8.85. The Morgan fingerprint density at radius 1 is 1.00 bits per heavy atom. The smallest absolute Gasteiger partial charge is 0.157 e. The van der Waals surface area contributed by atoms with Gasteiger partial charge in [-0.15, -0.1) is 0 Å². The lowest BCUT2D eigenvalue weighted by Crippen LogP contribution is -1.80. The van der Waals surface area contributed by atoms with Crippen molar-refractivity contribution in [3.8, 4) is 0 Å². The molecule has 0 heterocycles. The summed E-state index contributed by atoms with van der Waals surface area (Å²) in [5.41, 5.74) is 0. The lowest BCUT2D eigenvalue weighted by molar-refractivity contribution is 0.352. The highest BCUT2D eigenvalue weighted by molar-refractivity contribution is 5.26. The van der Waals surface area contributed by atoms with E-state index in [9.17, 15) is 0 Å². The molecule has 0 saturated carbocycles. The summed E-state index contributed by atoms with van der Waals surface area (Å²) in [5.74, 6) is -0.132. The van der Waals surface area contributed by atoms with Gasteiger partial charge in [-0.2, -0.15) is 0 Å². The fourth-order valence-corrected chi connectivity index (χ4v) is 0.609. The van der Waals surface area contributed by atoms with Crippen LogP contribution in [-0.4, -0.2) is 10.2 Å². The summed E-state index contributed by atoms with van der Waals surface area (Å²) >= 11 is 0. The molecule has 1 aliphatic carbocycles. The van der Waals surface area contributed by atoms with E-state index < -0.39 is 0 Å². The van der Waals surface area contributed by atoms with Crippen LogP contribution in [0, 0.1) is 0 Å². The Labute approximate surface area is 53.4 Å². The van der Waals surface area contributed by atoms with E-state index in [0.29, 0.717) is 0 Å². The molecule has 2 nitrogen and oxygen atoms in total. The number of hydrogen-bond acceptors (Lipinski definition) is 2. The highest BCUT2D eigenvalue weighted by atomic mass is 16.3. The zero-order valence-corrected chi connectivity index (χ0v) is 4.91. The minimum atomic E-state index is -0.0660. The lowest BCUT2D eigenvalue weighted by Gasteiger charge is -1.89. The van der Waals surface area contributed by atoms with Gasteiger partial charge in [-0.3, -0.25) is 0 Å². The van der Waals surface area contributed by atoms with E-state index in [4.69, 9.17) is 10.2 Å². The van der Waals surface area contributed by atoms with E-state index >= 15 is 0 Å². The van der Waals surface area contributed by atoms with Gasteiger partial charge < -0.3 is 10.2 Å². The third-order valence-corrected chi connectivity index (χ3v) is 1.09. The minimum absolute atomic E-state index is 0.0660. The molecular formula is C7H8O2. The van der Waals surface area contributed by atoms with Crippen LogP contribution in [0.1, 0.15) is 6.42 Å². The standard InChI is InChI=1S/C7H8O2/c8-6-4-2-1-3-5-7(6)9/h2-5,8-9H,1H2. The highest BCUT2D eigenvalue weighted by Gasteiger charge is 1.95. The maximum absolute atomic E-state index is 8.85. The van der Waals surface area contributed by atoms with Crippen LogP contribution in [-0.2, 0) is 0 Å². The van der Waals surface area contributed by atoms with Gasteiger partial charge in [0.05, 0.1) is 0 Å². The molecule has 48 valence electrons. The highest BCUT2D eigenvalue weighted by Crippen LogP contribution is 2.06. The van der Waals surface area contributed by atoms with Gasteiger partial charge in [0, 0.05) is 0 Å². The van der Waals surface area contributed by atoms with Gasteiger partial charge in [0.25, 0.3) is 0 Å². The number of aliphatic hydroxyl groups excluding tert-OH is 2. The Morgan fingerprint density at radius 3 is 1.89 bits per heavy atom. The first kappa shape index (κ1) is 5.95. The van der Waals surface area contributed by atoms with Crippen LogP contribution in [0.25, 0.3) is 0 Å². The van der Waals surface area contributed by atoms with Crippen molar-refractivity contribution in [2.75, 3.05) is 0 Å². The Hall–Kier alpha value is -1.18. The van der Waals surface area contributed by atoms with Gasteiger partial charge in [-0.25, -0.2) is 0 Å². The van der Waals surface area contributed by atoms with E-state index in [2.05, 4.69) is 0 Å². The van der Waals surface area contributed by atoms with E-state index in [1.807, 2.05) is 0 Å². The summed E-state index contributed by atoms with van der Waals surface area (Å²) in [6.45, 7) is 0. The average Bonchev–Trinajstić information content (AvgIpc) is 1.99. The first-order valence-corrected chi connectivity index (χ1v) is 2.76. The van der Waals surface area contributed by atoms with Gasteiger partial charge in [-0.05, 0) is 18.6 Å². The van der Waals surface area contributed by atoms with Gasteiger partial charge in [0.1, 0.15) is 0 Å². The first-order valence-electron chi connectivity index (χ1n) is 2.76. The predicted octanol–water partition coefficient (Wildman–Crippen LogP) is 1.83. The Balaban J connectivity index is 2.90. The molecule has 0 unspecified atom stereocenters. The molecule has 0 amide bonds. The second kappa shape index (κ2) is 2.40. The molecule has 2 N–H and O–H groups in total. The van der Waals surface area contributed by atoms with Crippen molar-refractivity contribution in [1.29, 1.82) is 0 Å². The van der Waals surface area contributed by atoms with E-state index in [-0.39, 0.29) is 11.5 Å². The normalized spacial score (nSPS) is 18.2. The van der Waals surface area contributed by atoms with Crippen LogP contribution >= 0.6 is 0 Å². The van der Waals surface area contributed by atoms with Crippen molar-refractivity contribution >= 4 is 0 Å². The van der Waals surface area contributed by atoms with E-state index in [0.717, 1.165) is 6.42 Å². The summed E-state index contributed by atoms with van der Waals surface area (Å²) < 4.78 is 0. The summed E-state index contributed by atoms with van der Waals surface area (Å²) in [5, 5.41) is 17.7. The zero-order valence-electron chi connectivity index (χ0n) is 4.91. The summed E-state index contributed by atoms with van der Waals surface area (Å²) in [4.78, 5) is 0. The van der Waals surface area contributed by atoms with Crippen LogP contribution in [0.5, 0.6) is 0 Å². The van der Waals surface area contributed by atoms with Gasteiger partial charge in [0.2, 0.25) is 0 Å². The number of allylic oxidation sites excluding steroid dienone is 4. The molecule has 9 heavy (non-hydrogen) atoms. The molecular weight excluding hydrogens is 116 g/mol. The molecule has 0 aromatic heterocycles. The monoisotopic (exact) mass is 124 g/mol. The Kier molecular flexibility index (Phi) is 1.58. The Morgan fingerprint density at radius 2 is 1.44 bits per heavy atom. The molecule has 0 atom stereocenters. The molecule has 0 saturated heterocycles. The maximum Gasteiger partial charge on any atom is 0.157 e. The van der Waals surface area contributed by atoms with Crippen LogP contribution < -0.4 is 0 Å². The van der Waals surface area contributed by atoms with Gasteiger partial charge in [0.15, 0.2) is 11.5 Å². The molecule has 2 heteroatoms. The lowest BCUT2D eigenvalue weighted by atomic mass is 10.4. The topological polar surface area (TPSA) is 40.5 Å². The molecule has 0 radical (unpaired) electrons. The van der Waals surface area contributed by atoms with Crippen molar-refractivity contribution in [3.05, 3.63) is 35.8 Å². The molecule has 0 bridgehead atoms. The molecule has 1 aliphatic rings. The molecule has 0 aromatic rings. The van der Waals surface area contributed by atoms with Gasteiger partial charge >= 0.3 is 0 Å². The first-order chi connectivity index (χ1) is 4.30. The quantitative estimate of drug-likeness (QED) is 0.517. The largest absolute Gasteiger partial charge is 0.504 e. The van der Waals surface area contributed by atoms with Crippen LogP contribution in [0.3, 0.4) is 0 Å². The van der Waals surface area contributed by atoms with Crippen molar-refractivity contribution in [2.24, 2.45) is 0 Å². The molecule has 0 spiro atoms. The average molecular weight is 124 g/mol. The second-order valence-electron chi connectivity index (χ2n) is 1.81.